The number of hydrogen-bond acceptors (Lipinski definition) is 6. The number of benzene rings is 2. The summed E-state index contributed by atoms with van der Waals surface area (Å²) in [4.78, 5) is 35.9. The maximum Gasteiger partial charge on any atom is 0.328 e. The predicted molar refractivity (Wildman–Crippen MR) is 100 cm³/mol. The highest BCUT2D eigenvalue weighted by molar-refractivity contribution is 7.20. The quantitative estimate of drug-likeness (QED) is 0.466. The summed E-state index contributed by atoms with van der Waals surface area (Å²) in [5, 5.41) is 18.9. The lowest BCUT2D eigenvalue weighted by Crippen LogP contribution is -2.40. The summed E-state index contributed by atoms with van der Waals surface area (Å²) in [6.45, 7) is 0. The highest BCUT2D eigenvalue weighted by atomic mass is 35.5. The van der Waals surface area contributed by atoms with Gasteiger partial charge in [-0.3, -0.25) is 14.4 Å². The molecule has 0 aliphatic heterocycles. The smallest absolute Gasteiger partial charge is 0.328 e. The topological polar surface area (TPSA) is 118 Å². The molecule has 1 heterocycles. The number of Topliss-reactive ketones (excluding diaryl/α,β-unsaturated/α-hetero) is 1. The van der Waals surface area contributed by atoms with Crippen molar-refractivity contribution < 1.29 is 19.8 Å². The zero-order valence-electron chi connectivity index (χ0n) is 13.1. The molecule has 0 spiro atoms. The zero-order chi connectivity index (χ0) is 19.0. The monoisotopic (exact) mass is 389 g/mol. The number of aromatic hydroxyl groups is 1. The van der Waals surface area contributed by atoms with Gasteiger partial charge in [0.25, 0.3) is 0 Å². The Morgan fingerprint density at radius 1 is 1.15 bits per heavy atom. The maximum absolute atomic E-state index is 12.8. The molecule has 0 saturated carbocycles. The van der Waals surface area contributed by atoms with Gasteiger partial charge in [-0.15, -0.1) is 0 Å². The summed E-state index contributed by atoms with van der Waals surface area (Å²) < 4.78 is 0.434. The van der Waals surface area contributed by atoms with Crippen molar-refractivity contribution in [1.29, 1.82) is 0 Å². The van der Waals surface area contributed by atoms with Gasteiger partial charge in [-0.25, -0.2) is 0 Å². The van der Waals surface area contributed by atoms with Gasteiger partial charge in [0, 0.05) is 20.7 Å². The minimum Gasteiger partial charge on any atom is -0.499 e. The summed E-state index contributed by atoms with van der Waals surface area (Å²) in [6.07, 6.45) is 0. The molecule has 26 heavy (non-hydrogen) atoms. The third-order valence-corrected chi connectivity index (χ3v) is 5.08. The van der Waals surface area contributed by atoms with Gasteiger partial charge in [0.1, 0.15) is 5.56 Å². The summed E-state index contributed by atoms with van der Waals surface area (Å²) in [6, 6.07) is 10.2. The molecular formula is C18H12ClNO5S. The van der Waals surface area contributed by atoms with Gasteiger partial charge in [-0.05, 0) is 17.7 Å². The number of carboxylic acids is 1. The fraction of sp³-hybridized carbons (Fsp3) is 0.0556. The Hall–Kier alpha value is -2.74. The van der Waals surface area contributed by atoms with Gasteiger partial charge in [-0.2, -0.15) is 0 Å². The van der Waals surface area contributed by atoms with Crippen molar-refractivity contribution in [2.24, 2.45) is 5.73 Å². The van der Waals surface area contributed by atoms with E-state index in [2.05, 4.69) is 0 Å². The molecular weight excluding hydrogens is 378 g/mol. The van der Waals surface area contributed by atoms with E-state index in [9.17, 15) is 19.5 Å². The molecule has 0 fully saturated rings. The molecule has 132 valence electrons. The van der Waals surface area contributed by atoms with Crippen molar-refractivity contribution in [3.63, 3.8) is 0 Å². The van der Waals surface area contributed by atoms with Crippen LogP contribution in [0.2, 0.25) is 5.02 Å². The van der Waals surface area contributed by atoms with Crippen LogP contribution in [0.5, 0.6) is 5.06 Å². The average molecular weight is 390 g/mol. The standard InChI is InChI=1S/C18H12ClNO5S/c19-9-6-10(8-4-2-1-3-5-8)16-11(7-9)14(21)12(18(25)26-16)15(22)13(20)17(23)24/h1-7,13,25H,20H2,(H,23,24). The van der Waals surface area contributed by atoms with Crippen LogP contribution < -0.4 is 11.2 Å². The van der Waals surface area contributed by atoms with Crippen LogP contribution in [-0.4, -0.2) is 28.0 Å². The Kier molecular flexibility index (Phi) is 4.78. The number of ketones is 1. The van der Waals surface area contributed by atoms with E-state index in [1.165, 1.54) is 6.07 Å². The first-order valence-corrected chi connectivity index (χ1v) is 8.58. The summed E-state index contributed by atoms with van der Waals surface area (Å²) in [7, 11) is 0. The van der Waals surface area contributed by atoms with Gasteiger partial charge < -0.3 is 15.9 Å². The molecule has 1 unspecified atom stereocenters. The number of carboxylic acid groups (broad SMARTS) is 1. The van der Waals surface area contributed by atoms with Crippen LogP contribution in [0.15, 0.2) is 47.3 Å². The van der Waals surface area contributed by atoms with E-state index in [0.29, 0.717) is 10.3 Å². The van der Waals surface area contributed by atoms with Gasteiger partial charge in [0.2, 0.25) is 5.43 Å². The van der Waals surface area contributed by atoms with Gasteiger partial charge in [0.15, 0.2) is 16.9 Å². The van der Waals surface area contributed by atoms with E-state index >= 15 is 0 Å². The molecule has 0 radical (unpaired) electrons. The molecule has 0 aliphatic carbocycles. The van der Waals surface area contributed by atoms with Gasteiger partial charge >= 0.3 is 5.97 Å². The number of halogens is 1. The molecule has 1 atom stereocenters. The number of nitrogens with two attached hydrogens (primary N) is 1. The fourth-order valence-electron chi connectivity index (χ4n) is 2.57. The molecule has 2 aromatic carbocycles. The Balaban J connectivity index is 2.34. The maximum atomic E-state index is 12.8. The zero-order valence-corrected chi connectivity index (χ0v) is 14.7. The highest BCUT2D eigenvalue weighted by Gasteiger charge is 2.29. The molecule has 4 N–H and O–H groups in total. The number of carbonyl (C=O) groups excluding carboxylic acids is 1. The van der Waals surface area contributed by atoms with Crippen molar-refractivity contribution in [3.05, 3.63) is 63.3 Å². The molecule has 3 rings (SSSR count). The number of aliphatic carboxylic acids is 1. The first-order valence-electron chi connectivity index (χ1n) is 7.38. The lowest BCUT2D eigenvalue weighted by molar-refractivity contribution is -0.137. The average Bonchev–Trinajstić information content (AvgIpc) is 2.61. The second-order valence-corrected chi connectivity index (χ2v) is 6.92. The SMILES string of the molecule is NC(C(=O)O)C(=O)c1c(O)sc2c(-c3ccccc3)cc(Cl)cc2c1=O. The molecule has 0 saturated heterocycles. The van der Waals surface area contributed by atoms with E-state index in [0.717, 1.165) is 16.9 Å². The van der Waals surface area contributed by atoms with Crippen molar-refractivity contribution in [3.8, 4) is 16.2 Å². The largest absolute Gasteiger partial charge is 0.499 e. The second kappa shape index (κ2) is 6.87. The summed E-state index contributed by atoms with van der Waals surface area (Å²) >= 11 is 6.93. The van der Waals surface area contributed by atoms with E-state index < -0.39 is 33.8 Å². The molecule has 0 bridgehead atoms. The van der Waals surface area contributed by atoms with Crippen LogP contribution in [0.4, 0.5) is 0 Å². The fourth-order valence-corrected chi connectivity index (χ4v) is 3.82. The van der Waals surface area contributed by atoms with Crippen LogP contribution in [-0.2, 0) is 4.79 Å². The third kappa shape index (κ3) is 3.08. The number of fused-ring (bicyclic) bond motifs is 1. The van der Waals surface area contributed by atoms with Crippen molar-refractivity contribution in [1.82, 2.24) is 0 Å². The first-order chi connectivity index (χ1) is 12.3. The van der Waals surface area contributed by atoms with Crippen LogP contribution >= 0.6 is 22.9 Å². The minimum atomic E-state index is -1.94. The van der Waals surface area contributed by atoms with E-state index in [1.807, 2.05) is 30.3 Å². The van der Waals surface area contributed by atoms with E-state index in [1.54, 1.807) is 6.07 Å². The molecule has 3 aromatic rings. The summed E-state index contributed by atoms with van der Waals surface area (Å²) in [5.41, 5.74) is 5.25. The molecule has 0 aliphatic rings. The Bertz CT molecular complexity index is 1090. The Morgan fingerprint density at radius 2 is 1.81 bits per heavy atom. The third-order valence-electron chi connectivity index (χ3n) is 3.82. The lowest BCUT2D eigenvalue weighted by atomic mass is 10.0. The first kappa shape index (κ1) is 18.1. The van der Waals surface area contributed by atoms with Crippen molar-refractivity contribution in [2.45, 2.75) is 6.04 Å². The van der Waals surface area contributed by atoms with Gasteiger partial charge in [-0.1, -0.05) is 53.3 Å². The lowest BCUT2D eigenvalue weighted by Gasteiger charge is -2.11. The number of carbonyl (C=O) groups is 2. The van der Waals surface area contributed by atoms with E-state index in [-0.39, 0.29) is 10.4 Å². The van der Waals surface area contributed by atoms with Crippen LogP contribution in [0.3, 0.4) is 0 Å². The summed E-state index contributed by atoms with van der Waals surface area (Å²) in [5.74, 6) is -2.74. The van der Waals surface area contributed by atoms with Gasteiger partial charge in [0.05, 0.1) is 0 Å². The highest BCUT2D eigenvalue weighted by Crippen LogP contribution is 2.37. The van der Waals surface area contributed by atoms with Crippen LogP contribution in [0.1, 0.15) is 10.4 Å². The molecule has 0 amide bonds. The predicted octanol–water partition coefficient (Wildman–Crippen LogP) is 2.88. The molecule has 6 nitrogen and oxygen atoms in total. The Labute approximate surface area is 156 Å². The van der Waals surface area contributed by atoms with E-state index in [4.69, 9.17) is 22.4 Å². The Morgan fingerprint density at radius 3 is 2.42 bits per heavy atom. The number of rotatable bonds is 4. The minimum absolute atomic E-state index is 0.111. The molecule has 8 heteroatoms. The van der Waals surface area contributed by atoms with Crippen LogP contribution in [0, 0.1) is 0 Å². The second-order valence-electron chi connectivity index (χ2n) is 5.49. The number of hydrogen-bond donors (Lipinski definition) is 3. The normalized spacial score (nSPS) is 12.1. The van der Waals surface area contributed by atoms with Crippen molar-refractivity contribution in [2.75, 3.05) is 0 Å². The van der Waals surface area contributed by atoms with Crippen molar-refractivity contribution >= 4 is 44.8 Å². The van der Waals surface area contributed by atoms with Crippen LogP contribution in [0.25, 0.3) is 21.2 Å². The molecule has 1 aromatic heterocycles.